The van der Waals surface area contributed by atoms with Gasteiger partial charge in [-0.3, -0.25) is 4.79 Å². The molecule has 0 spiro atoms. The molecule has 0 aromatic carbocycles. The van der Waals surface area contributed by atoms with Crippen molar-refractivity contribution in [3.63, 3.8) is 0 Å². The first-order valence-corrected chi connectivity index (χ1v) is 13.4. The smallest absolute Gasteiger partial charge is 0.302 e. The van der Waals surface area contributed by atoms with Gasteiger partial charge in [-0.2, -0.15) is 0 Å². The van der Waals surface area contributed by atoms with E-state index < -0.39 is 11.7 Å². The molecule has 4 aliphatic rings. The number of esters is 1. The number of allylic oxidation sites excluding steroid dienone is 2. The largest absolute Gasteiger partial charge is 0.463 e. The number of aliphatic hydroxyl groups is 2. The van der Waals surface area contributed by atoms with Gasteiger partial charge < -0.3 is 14.9 Å². The minimum absolute atomic E-state index is 0.00112. The fourth-order valence-electron chi connectivity index (χ4n) is 8.15. The van der Waals surface area contributed by atoms with Crippen LogP contribution < -0.4 is 0 Å². The SMILES string of the molecule is CC(=O)O[C@H]1CC[C@]2(C)C3=CC[C@]4(C)[C@@H]([C@H](C)CCCC(C)C)C[C@H](O)[C@@]4(O)C3=CC[C@H]2C1. The number of carbonyl (C=O) groups excluding carboxylic acids is 1. The van der Waals surface area contributed by atoms with Crippen LogP contribution in [0.1, 0.15) is 99.3 Å². The molecule has 0 radical (unpaired) electrons. The molecule has 0 saturated heterocycles. The number of ether oxygens (including phenoxy) is 1. The van der Waals surface area contributed by atoms with Crippen LogP contribution in [-0.2, 0) is 9.53 Å². The Labute approximate surface area is 200 Å². The van der Waals surface area contributed by atoms with Crippen LogP contribution in [0.5, 0.6) is 0 Å². The number of rotatable bonds is 6. The van der Waals surface area contributed by atoms with Crippen molar-refractivity contribution in [3.8, 4) is 0 Å². The van der Waals surface area contributed by atoms with E-state index in [0.29, 0.717) is 24.2 Å². The minimum atomic E-state index is -1.17. The average molecular weight is 459 g/mol. The highest BCUT2D eigenvalue weighted by molar-refractivity contribution is 5.66. The third kappa shape index (κ3) is 3.93. The quantitative estimate of drug-likeness (QED) is 0.482. The molecule has 0 aliphatic heterocycles. The lowest BCUT2D eigenvalue weighted by Crippen LogP contribution is -2.57. The first-order chi connectivity index (χ1) is 15.4. The normalized spacial score (nSPS) is 43.2. The third-order valence-corrected chi connectivity index (χ3v) is 10.2. The molecule has 2 saturated carbocycles. The summed E-state index contributed by atoms with van der Waals surface area (Å²) in [5, 5.41) is 23.7. The zero-order valence-corrected chi connectivity index (χ0v) is 21.7. The highest BCUT2D eigenvalue weighted by atomic mass is 16.5. The van der Waals surface area contributed by atoms with Gasteiger partial charge in [-0.05, 0) is 78.8 Å². The maximum atomic E-state index is 12.3. The van der Waals surface area contributed by atoms with E-state index >= 15 is 0 Å². The summed E-state index contributed by atoms with van der Waals surface area (Å²) < 4.78 is 5.56. The Morgan fingerprint density at radius 1 is 1.15 bits per heavy atom. The Balaban J connectivity index is 1.60. The fourth-order valence-corrected chi connectivity index (χ4v) is 8.15. The molecule has 0 amide bonds. The summed E-state index contributed by atoms with van der Waals surface area (Å²) in [6, 6.07) is 0. The predicted octanol–water partition coefficient (Wildman–Crippen LogP) is 5.97. The topological polar surface area (TPSA) is 66.8 Å². The van der Waals surface area contributed by atoms with E-state index in [1.165, 1.54) is 25.3 Å². The number of hydrogen-bond acceptors (Lipinski definition) is 4. The van der Waals surface area contributed by atoms with Crippen LogP contribution in [0, 0.1) is 34.5 Å². The average Bonchev–Trinajstić information content (AvgIpc) is 2.94. The monoisotopic (exact) mass is 458 g/mol. The lowest BCUT2D eigenvalue weighted by molar-refractivity contribution is -0.150. The van der Waals surface area contributed by atoms with Gasteiger partial charge in [0.25, 0.3) is 0 Å². The zero-order valence-electron chi connectivity index (χ0n) is 21.7. The summed E-state index contributed by atoms with van der Waals surface area (Å²) in [5.74, 6) is 1.73. The molecule has 0 aromatic heterocycles. The molecular weight excluding hydrogens is 412 g/mol. The van der Waals surface area contributed by atoms with Crippen LogP contribution in [0.25, 0.3) is 0 Å². The zero-order chi connectivity index (χ0) is 24.2. The number of aliphatic hydroxyl groups excluding tert-OH is 1. The van der Waals surface area contributed by atoms with Gasteiger partial charge >= 0.3 is 5.97 Å². The van der Waals surface area contributed by atoms with Crippen molar-refractivity contribution in [2.75, 3.05) is 0 Å². The number of carbonyl (C=O) groups is 1. The van der Waals surface area contributed by atoms with Crippen LogP contribution in [0.15, 0.2) is 23.3 Å². The van der Waals surface area contributed by atoms with Crippen molar-refractivity contribution in [2.24, 2.45) is 34.5 Å². The first-order valence-electron chi connectivity index (χ1n) is 13.4. The van der Waals surface area contributed by atoms with E-state index in [0.717, 1.165) is 50.0 Å². The van der Waals surface area contributed by atoms with Crippen LogP contribution in [0.4, 0.5) is 0 Å². The van der Waals surface area contributed by atoms with Gasteiger partial charge in [0.1, 0.15) is 11.7 Å². The summed E-state index contributed by atoms with van der Waals surface area (Å²) >= 11 is 0. The maximum Gasteiger partial charge on any atom is 0.302 e. The Bertz CT molecular complexity index is 827. The first kappa shape index (κ1) is 25.0. The molecule has 0 heterocycles. The van der Waals surface area contributed by atoms with Gasteiger partial charge in [-0.1, -0.05) is 66.0 Å². The molecular formula is C29H46O4. The van der Waals surface area contributed by atoms with E-state index in [4.69, 9.17) is 4.74 Å². The molecule has 33 heavy (non-hydrogen) atoms. The Kier molecular flexibility index (Phi) is 6.68. The number of fused-ring (bicyclic) bond motifs is 5. The van der Waals surface area contributed by atoms with Crippen molar-refractivity contribution in [2.45, 2.75) is 117 Å². The highest BCUT2D eigenvalue weighted by Crippen LogP contribution is 2.66. The Morgan fingerprint density at radius 3 is 2.55 bits per heavy atom. The standard InChI is InChI=1S/C29H46O4/c1-18(2)8-7-9-19(3)25-17-26(31)29(32)24-11-10-21-16-22(33-20(4)30)12-14-27(21,5)23(24)13-15-28(25,29)6/h11,13,18-19,21-22,25-26,31-32H,7-10,12,14-17H2,1-6H3/t19-,21+,22+,25-,26+,27+,28-,29+/m1/s1. The van der Waals surface area contributed by atoms with Crippen molar-refractivity contribution >= 4 is 5.97 Å². The van der Waals surface area contributed by atoms with Crippen LogP contribution >= 0.6 is 0 Å². The lowest BCUT2D eigenvalue weighted by atomic mass is 9.50. The second-order valence-corrected chi connectivity index (χ2v) is 12.6. The van der Waals surface area contributed by atoms with Gasteiger partial charge in [0.2, 0.25) is 0 Å². The second kappa shape index (κ2) is 8.82. The van der Waals surface area contributed by atoms with Crippen molar-refractivity contribution < 1.29 is 19.7 Å². The van der Waals surface area contributed by atoms with E-state index in [9.17, 15) is 15.0 Å². The van der Waals surface area contributed by atoms with Gasteiger partial charge in [0.15, 0.2) is 0 Å². The lowest BCUT2D eigenvalue weighted by Gasteiger charge is -2.57. The summed E-state index contributed by atoms with van der Waals surface area (Å²) in [4.78, 5) is 11.5. The third-order valence-electron chi connectivity index (χ3n) is 10.2. The molecule has 4 heteroatoms. The van der Waals surface area contributed by atoms with Crippen LogP contribution in [0.3, 0.4) is 0 Å². The molecule has 186 valence electrons. The van der Waals surface area contributed by atoms with E-state index in [1.54, 1.807) is 0 Å². The Hall–Kier alpha value is -1.13. The minimum Gasteiger partial charge on any atom is -0.463 e. The van der Waals surface area contributed by atoms with Crippen molar-refractivity contribution in [1.82, 2.24) is 0 Å². The summed E-state index contributed by atoms with van der Waals surface area (Å²) in [6.45, 7) is 12.9. The number of hydrogen-bond donors (Lipinski definition) is 2. The van der Waals surface area contributed by atoms with Gasteiger partial charge in [-0.15, -0.1) is 0 Å². The molecule has 8 atom stereocenters. The van der Waals surface area contributed by atoms with Gasteiger partial charge in [-0.25, -0.2) is 0 Å². The molecule has 4 aliphatic carbocycles. The van der Waals surface area contributed by atoms with Crippen LogP contribution in [0.2, 0.25) is 0 Å². The van der Waals surface area contributed by atoms with Crippen molar-refractivity contribution in [1.29, 1.82) is 0 Å². The van der Waals surface area contributed by atoms with E-state index in [2.05, 4.69) is 46.8 Å². The molecule has 2 fully saturated rings. The fraction of sp³-hybridized carbons (Fsp3) is 0.828. The molecule has 0 bridgehead atoms. The van der Waals surface area contributed by atoms with E-state index in [1.807, 2.05) is 0 Å². The summed E-state index contributed by atoms with van der Waals surface area (Å²) in [7, 11) is 0. The van der Waals surface area contributed by atoms with E-state index in [-0.39, 0.29) is 22.9 Å². The molecule has 0 aromatic rings. The van der Waals surface area contributed by atoms with Crippen molar-refractivity contribution in [3.05, 3.63) is 23.3 Å². The summed E-state index contributed by atoms with van der Waals surface area (Å²) in [6.07, 6.45) is 12.6. The second-order valence-electron chi connectivity index (χ2n) is 12.6. The summed E-state index contributed by atoms with van der Waals surface area (Å²) in [5.41, 5.74) is 0.724. The van der Waals surface area contributed by atoms with Gasteiger partial charge in [0.05, 0.1) is 6.10 Å². The van der Waals surface area contributed by atoms with Gasteiger partial charge in [0, 0.05) is 12.3 Å². The molecule has 2 N–H and O–H groups in total. The Morgan fingerprint density at radius 2 is 1.88 bits per heavy atom. The van der Waals surface area contributed by atoms with Crippen LogP contribution in [-0.4, -0.2) is 34.0 Å². The maximum absolute atomic E-state index is 12.3. The molecule has 0 unspecified atom stereocenters. The molecule has 4 rings (SSSR count). The highest BCUT2D eigenvalue weighted by Gasteiger charge is 2.67. The predicted molar refractivity (Wildman–Crippen MR) is 131 cm³/mol. The molecule has 4 nitrogen and oxygen atoms in total.